The standard InChI is InChI=1S/C13H18N2O3S/c16-12-5-4-11(15(17)18)8-14(12)9-13(10-19)6-2-1-3-7-13/h4-5,8,19H,1-3,6-7,9-10H2. The summed E-state index contributed by atoms with van der Waals surface area (Å²) in [7, 11) is 0. The molecule has 1 aliphatic carbocycles. The van der Waals surface area contributed by atoms with Crippen molar-refractivity contribution in [3.63, 3.8) is 0 Å². The van der Waals surface area contributed by atoms with Gasteiger partial charge in [-0.25, -0.2) is 0 Å². The molecule has 1 aromatic rings. The summed E-state index contributed by atoms with van der Waals surface area (Å²) in [5.41, 5.74) is -0.220. The normalized spacial score (nSPS) is 18.2. The van der Waals surface area contributed by atoms with Crippen molar-refractivity contribution in [2.24, 2.45) is 5.41 Å². The Morgan fingerprint density at radius 2 is 2.00 bits per heavy atom. The van der Waals surface area contributed by atoms with Crippen LogP contribution in [-0.4, -0.2) is 15.2 Å². The van der Waals surface area contributed by atoms with Crippen LogP contribution in [0.5, 0.6) is 0 Å². The van der Waals surface area contributed by atoms with Crippen molar-refractivity contribution in [2.45, 2.75) is 38.6 Å². The van der Waals surface area contributed by atoms with Gasteiger partial charge in [-0.15, -0.1) is 0 Å². The van der Waals surface area contributed by atoms with Gasteiger partial charge in [0.2, 0.25) is 0 Å². The van der Waals surface area contributed by atoms with E-state index in [1.54, 1.807) is 0 Å². The first kappa shape index (κ1) is 14.1. The first-order chi connectivity index (χ1) is 9.06. The number of hydrogen-bond donors (Lipinski definition) is 1. The molecule has 0 bridgehead atoms. The van der Waals surface area contributed by atoms with Gasteiger partial charge in [0.05, 0.1) is 11.1 Å². The summed E-state index contributed by atoms with van der Waals surface area (Å²) < 4.78 is 1.47. The summed E-state index contributed by atoms with van der Waals surface area (Å²) in [4.78, 5) is 22.2. The average Bonchev–Trinajstić information content (AvgIpc) is 2.42. The van der Waals surface area contributed by atoms with Crippen molar-refractivity contribution in [1.82, 2.24) is 4.57 Å². The van der Waals surface area contributed by atoms with Crippen LogP contribution in [0.15, 0.2) is 23.1 Å². The van der Waals surface area contributed by atoms with E-state index in [1.165, 1.54) is 29.3 Å². The fraction of sp³-hybridized carbons (Fsp3) is 0.615. The minimum absolute atomic E-state index is 0.000406. The monoisotopic (exact) mass is 282 g/mol. The third kappa shape index (κ3) is 3.18. The zero-order valence-electron chi connectivity index (χ0n) is 10.7. The van der Waals surface area contributed by atoms with Crippen LogP contribution in [0, 0.1) is 15.5 Å². The maximum atomic E-state index is 11.8. The number of nitrogens with zero attached hydrogens (tertiary/aromatic N) is 2. The molecular weight excluding hydrogens is 264 g/mol. The third-order valence-corrected chi connectivity index (χ3v) is 4.60. The molecule has 0 aromatic carbocycles. The minimum atomic E-state index is -0.468. The van der Waals surface area contributed by atoms with E-state index in [-0.39, 0.29) is 16.7 Å². The van der Waals surface area contributed by atoms with E-state index >= 15 is 0 Å². The molecule has 0 saturated heterocycles. The predicted octanol–water partition coefficient (Wildman–Crippen LogP) is 2.64. The van der Waals surface area contributed by atoms with Gasteiger partial charge in [0.15, 0.2) is 0 Å². The van der Waals surface area contributed by atoms with Gasteiger partial charge in [-0.3, -0.25) is 14.9 Å². The van der Waals surface area contributed by atoms with E-state index < -0.39 is 4.92 Å². The van der Waals surface area contributed by atoms with Crippen molar-refractivity contribution in [1.29, 1.82) is 0 Å². The lowest BCUT2D eigenvalue weighted by atomic mass is 9.75. The van der Waals surface area contributed by atoms with Gasteiger partial charge >= 0.3 is 0 Å². The van der Waals surface area contributed by atoms with Crippen LogP contribution in [-0.2, 0) is 6.54 Å². The molecule has 2 rings (SSSR count). The Bertz CT molecular complexity index is 521. The quantitative estimate of drug-likeness (QED) is 0.524. The highest BCUT2D eigenvalue weighted by molar-refractivity contribution is 7.80. The lowest BCUT2D eigenvalue weighted by Crippen LogP contribution is -2.35. The number of thiol groups is 1. The molecule has 104 valence electrons. The third-order valence-electron chi connectivity index (χ3n) is 3.93. The highest BCUT2D eigenvalue weighted by Crippen LogP contribution is 2.38. The van der Waals surface area contributed by atoms with Crippen LogP contribution in [0.1, 0.15) is 32.1 Å². The summed E-state index contributed by atoms with van der Waals surface area (Å²) in [6.45, 7) is 0.525. The van der Waals surface area contributed by atoms with E-state index in [1.807, 2.05) is 0 Å². The molecule has 0 radical (unpaired) electrons. The van der Waals surface area contributed by atoms with E-state index in [0.29, 0.717) is 12.3 Å². The maximum absolute atomic E-state index is 11.8. The van der Waals surface area contributed by atoms with Gasteiger partial charge in [-0.1, -0.05) is 19.3 Å². The van der Waals surface area contributed by atoms with Crippen LogP contribution >= 0.6 is 12.6 Å². The zero-order valence-corrected chi connectivity index (χ0v) is 11.6. The Labute approximate surface area is 117 Å². The molecule has 1 heterocycles. The number of aromatic nitrogens is 1. The van der Waals surface area contributed by atoms with Crippen LogP contribution < -0.4 is 5.56 Å². The van der Waals surface area contributed by atoms with E-state index in [0.717, 1.165) is 25.7 Å². The molecule has 0 unspecified atom stereocenters. The van der Waals surface area contributed by atoms with Gasteiger partial charge in [0.1, 0.15) is 0 Å². The van der Waals surface area contributed by atoms with Crippen LogP contribution in [0.3, 0.4) is 0 Å². The van der Waals surface area contributed by atoms with Crippen molar-refractivity contribution in [3.05, 3.63) is 38.8 Å². The van der Waals surface area contributed by atoms with E-state index in [9.17, 15) is 14.9 Å². The van der Waals surface area contributed by atoms with Gasteiger partial charge in [-0.2, -0.15) is 12.6 Å². The van der Waals surface area contributed by atoms with Crippen molar-refractivity contribution < 1.29 is 4.92 Å². The summed E-state index contributed by atoms with van der Waals surface area (Å²) in [5, 5.41) is 10.8. The molecule has 1 saturated carbocycles. The summed E-state index contributed by atoms with van der Waals surface area (Å²) in [5.74, 6) is 0.710. The molecule has 1 aromatic heterocycles. The highest BCUT2D eigenvalue weighted by Gasteiger charge is 2.31. The maximum Gasteiger partial charge on any atom is 0.285 e. The van der Waals surface area contributed by atoms with Crippen molar-refractivity contribution in [3.8, 4) is 0 Å². The molecule has 0 aliphatic heterocycles. The number of hydrogen-bond acceptors (Lipinski definition) is 4. The Morgan fingerprint density at radius 1 is 1.32 bits per heavy atom. The Kier molecular flexibility index (Phi) is 4.29. The van der Waals surface area contributed by atoms with Gasteiger partial charge < -0.3 is 4.57 Å². The second-order valence-electron chi connectivity index (χ2n) is 5.33. The Morgan fingerprint density at radius 3 is 2.58 bits per heavy atom. The molecule has 0 amide bonds. The number of nitro groups is 1. The van der Waals surface area contributed by atoms with E-state index in [2.05, 4.69) is 12.6 Å². The summed E-state index contributed by atoms with van der Waals surface area (Å²) in [6.07, 6.45) is 6.92. The molecule has 5 nitrogen and oxygen atoms in total. The van der Waals surface area contributed by atoms with Crippen LogP contribution in [0.25, 0.3) is 0 Å². The molecule has 0 N–H and O–H groups in total. The first-order valence-corrected chi connectivity index (χ1v) is 7.15. The van der Waals surface area contributed by atoms with Gasteiger partial charge in [-0.05, 0) is 24.0 Å². The average molecular weight is 282 g/mol. The largest absolute Gasteiger partial charge is 0.308 e. The molecule has 0 atom stereocenters. The minimum Gasteiger partial charge on any atom is -0.308 e. The molecule has 1 fully saturated rings. The van der Waals surface area contributed by atoms with Gasteiger partial charge in [0, 0.05) is 18.7 Å². The van der Waals surface area contributed by atoms with Crippen molar-refractivity contribution in [2.75, 3.05) is 5.75 Å². The van der Waals surface area contributed by atoms with Crippen LogP contribution in [0.2, 0.25) is 0 Å². The lowest BCUT2D eigenvalue weighted by molar-refractivity contribution is -0.385. The lowest BCUT2D eigenvalue weighted by Gasteiger charge is -2.36. The summed E-state index contributed by atoms with van der Waals surface area (Å²) >= 11 is 4.43. The van der Waals surface area contributed by atoms with E-state index in [4.69, 9.17) is 0 Å². The smallest absolute Gasteiger partial charge is 0.285 e. The number of rotatable bonds is 4. The topological polar surface area (TPSA) is 65.1 Å². The predicted molar refractivity (Wildman–Crippen MR) is 76.7 cm³/mol. The zero-order chi connectivity index (χ0) is 13.9. The SMILES string of the molecule is O=c1ccc([N+](=O)[O-])cn1CC1(CS)CCCCC1. The number of pyridine rings is 1. The molecular formula is C13H18N2O3S. The second-order valence-corrected chi connectivity index (χ2v) is 5.65. The van der Waals surface area contributed by atoms with Crippen molar-refractivity contribution >= 4 is 18.3 Å². The Hall–Kier alpha value is -1.30. The first-order valence-electron chi connectivity index (χ1n) is 6.52. The molecule has 6 heteroatoms. The highest BCUT2D eigenvalue weighted by atomic mass is 32.1. The summed E-state index contributed by atoms with van der Waals surface area (Å²) in [6, 6.07) is 2.53. The fourth-order valence-corrected chi connectivity index (χ4v) is 3.20. The van der Waals surface area contributed by atoms with Crippen LogP contribution in [0.4, 0.5) is 5.69 Å². The Balaban J connectivity index is 2.28. The second kappa shape index (κ2) is 5.77. The molecule has 1 aliphatic rings. The molecule has 19 heavy (non-hydrogen) atoms. The fourth-order valence-electron chi connectivity index (χ4n) is 2.78. The van der Waals surface area contributed by atoms with Gasteiger partial charge in [0.25, 0.3) is 11.2 Å². The molecule has 0 spiro atoms.